The van der Waals surface area contributed by atoms with Gasteiger partial charge in [-0.15, -0.1) is 0 Å². The number of benzene rings is 13. The smallest absolute Gasteiger partial charge is 0.160 e. The van der Waals surface area contributed by atoms with Crippen LogP contribution in [0, 0.1) is 0 Å². The summed E-state index contributed by atoms with van der Waals surface area (Å²) < 4.78 is 30.4. The zero-order valence-corrected chi connectivity index (χ0v) is 45.5. The Morgan fingerprint density at radius 3 is 1.00 bits per heavy atom. The second kappa shape index (κ2) is 17.5. The van der Waals surface area contributed by atoms with Crippen molar-refractivity contribution in [1.82, 2.24) is 4.40 Å². The van der Waals surface area contributed by atoms with Crippen LogP contribution in [0.3, 0.4) is 0 Å². The highest BCUT2D eigenvalue weighted by Gasteiger charge is 2.30. The molecule has 0 fully saturated rings. The monoisotopic (exact) mass is 1090 g/mol. The minimum absolute atomic E-state index is 0.823. The van der Waals surface area contributed by atoms with Crippen molar-refractivity contribution in [3.05, 3.63) is 273 Å². The summed E-state index contributed by atoms with van der Waals surface area (Å²) in [6.07, 6.45) is 0. The molecule has 396 valence electrons. The van der Waals surface area contributed by atoms with E-state index in [9.17, 15) is 0 Å². The molecule has 0 saturated carbocycles. The minimum atomic E-state index is 0.823. The highest BCUT2D eigenvalue weighted by molar-refractivity contribution is 6.35. The molecular weight excluding hydrogens is 1040 g/mol. The quantitative estimate of drug-likeness (QED) is 0.151. The molecule has 19 rings (SSSR count). The first-order valence-corrected chi connectivity index (χ1v) is 28.8. The van der Waals surface area contributed by atoms with Crippen LogP contribution in [0.15, 0.2) is 291 Å². The van der Waals surface area contributed by atoms with Crippen molar-refractivity contribution < 1.29 is 17.7 Å². The van der Waals surface area contributed by atoms with Gasteiger partial charge in [-0.05, 0) is 119 Å². The number of furan rings is 4. The maximum Gasteiger partial charge on any atom is 0.160 e. The Kier molecular flexibility index (Phi) is 9.49. The maximum atomic E-state index is 7.19. The molecule has 6 aromatic heterocycles. The van der Waals surface area contributed by atoms with E-state index in [1.807, 2.05) is 24.3 Å². The van der Waals surface area contributed by atoms with E-state index in [4.69, 9.17) is 17.7 Å². The topological polar surface area (TPSA) is 63.5 Å². The Balaban J connectivity index is 0.891. The van der Waals surface area contributed by atoms with E-state index in [0.717, 1.165) is 182 Å². The molecule has 0 N–H and O–H groups in total. The Bertz CT molecular complexity index is 5580. The maximum absolute atomic E-state index is 7.19. The SMILES string of the molecule is c1ccc(N(c2cccc(-c3cc4c5ccccc5oc4c4c3c3cccc5c6c(-c7cccc(N(c8ccccc8)c8cccc9c8oc8ccccc89)c7)cc7c8ccccc8oc7c6n4c35)c2)c2cccc3c2oc2ccccc23)cc1. The van der Waals surface area contributed by atoms with Crippen LogP contribution in [-0.2, 0) is 0 Å². The van der Waals surface area contributed by atoms with Gasteiger partial charge in [0.2, 0.25) is 0 Å². The predicted molar refractivity (Wildman–Crippen MR) is 350 cm³/mol. The van der Waals surface area contributed by atoms with E-state index >= 15 is 0 Å². The van der Waals surface area contributed by atoms with Gasteiger partial charge in [-0.1, -0.05) is 176 Å². The summed E-state index contributed by atoms with van der Waals surface area (Å²) >= 11 is 0. The molecule has 85 heavy (non-hydrogen) atoms. The van der Waals surface area contributed by atoms with Crippen molar-refractivity contribution in [3.63, 3.8) is 0 Å². The summed E-state index contributed by atoms with van der Waals surface area (Å²) in [6, 6.07) is 97.0. The molecule has 0 aliphatic carbocycles. The van der Waals surface area contributed by atoms with Crippen LogP contribution in [-0.4, -0.2) is 4.40 Å². The van der Waals surface area contributed by atoms with Gasteiger partial charge in [0, 0.05) is 87.4 Å². The van der Waals surface area contributed by atoms with E-state index in [1.54, 1.807) is 0 Å². The second-order valence-electron chi connectivity index (χ2n) is 22.2. The van der Waals surface area contributed by atoms with E-state index in [2.05, 4.69) is 263 Å². The zero-order chi connectivity index (χ0) is 55.4. The number of aromatic nitrogens is 1. The Hall–Kier alpha value is -11.5. The Morgan fingerprint density at radius 1 is 0.235 bits per heavy atom. The summed E-state index contributed by atoms with van der Waals surface area (Å²) in [5.41, 5.74) is 20.1. The van der Waals surface area contributed by atoms with Gasteiger partial charge in [-0.25, -0.2) is 0 Å². The van der Waals surface area contributed by atoms with E-state index in [0.29, 0.717) is 0 Å². The van der Waals surface area contributed by atoms with Gasteiger partial charge in [0.15, 0.2) is 22.3 Å². The van der Waals surface area contributed by atoms with Crippen molar-refractivity contribution in [2.45, 2.75) is 0 Å². The molecule has 6 heterocycles. The van der Waals surface area contributed by atoms with Crippen molar-refractivity contribution in [3.8, 4) is 22.3 Å². The fraction of sp³-hybridized carbons (Fsp3) is 0. The number of fused-ring (bicyclic) bond motifs is 20. The molecule has 13 aromatic carbocycles. The van der Waals surface area contributed by atoms with Crippen LogP contribution in [0.2, 0.25) is 0 Å². The fourth-order valence-corrected chi connectivity index (χ4v) is 14.1. The number of para-hydroxylation sites is 9. The highest BCUT2D eigenvalue weighted by atomic mass is 16.3. The number of hydrogen-bond donors (Lipinski definition) is 0. The molecule has 0 radical (unpaired) electrons. The van der Waals surface area contributed by atoms with Crippen molar-refractivity contribution in [2.24, 2.45) is 0 Å². The summed E-state index contributed by atoms with van der Waals surface area (Å²) in [5.74, 6) is 0. The van der Waals surface area contributed by atoms with Crippen molar-refractivity contribution in [1.29, 1.82) is 0 Å². The highest BCUT2D eigenvalue weighted by Crippen LogP contribution is 2.53. The lowest BCUT2D eigenvalue weighted by atomic mass is 9.93. The molecular formula is C78H45N3O4. The van der Waals surface area contributed by atoms with Gasteiger partial charge in [-0.2, -0.15) is 0 Å². The Morgan fingerprint density at radius 2 is 0.565 bits per heavy atom. The number of nitrogens with zero attached hydrogens (tertiary/aromatic N) is 3. The molecule has 7 nitrogen and oxygen atoms in total. The summed E-state index contributed by atoms with van der Waals surface area (Å²) in [7, 11) is 0. The van der Waals surface area contributed by atoms with Gasteiger partial charge in [0.1, 0.15) is 22.3 Å². The van der Waals surface area contributed by atoms with Crippen LogP contribution in [0.1, 0.15) is 0 Å². The standard InChI is InChI=1S/C78H45N3O4/c1-3-22-48(23-4-1)79(64-36-18-32-56-52-28-7-11-38-66(52)82-75(56)64)50-26-15-20-46(42-50)60-44-62-54-30-9-13-40-68(54)84-77(62)73-70(60)58-34-17-35-59-71-61(45-63-55-31-10-14-41-69(55)85-78(63)74(71)81(73)72(58)59)47-21-16-27-51(43-47)80(49-24-5-2-6-25-49)65-37-19-33-57-53-29-8-12-39-67(53)83-76(57)65/h1-45H. The van der Waals surface area contributed by atoms with Crippen LogP contribution >= 0.6 is 0 Å². The third-order valence-electron chi connectivity index (χ3n) is 17.6. The van der Waals surface area contributed by atoms with Gasteiger partial charge in [0.05, 0.1) is 27.9 Å². The first-order valence-electron chi connectivity index (χ1n) is 28.8. The van der Waals surface area contributed by atoms with Gasteiger partial charge in [0.25, 0.3) is 0 Å². The lowest BCUT2D eigenvalue weighted by Gasteiger charge is -2.26. The first-order chi connectivity index (χ1) is 42.2. The van der Waals surface area contributed by atoms with E-state index in [1.165, 1.54) is 0 Å². The van der Waals surface area contributed by atoms with Gasteiger partial charge < -0.3 is 31.9 Å². The average molecular weight is 1090 g/mol. The molecule has 0 spiro atoms. The fourth-order valence-electron chi connectivity index (χ4n) is 14.1. The largest absolute Gasteiger partial charge is 0.454 e. The third-order valence-corrected chi connectivity index (χ3v) is 17.6. The number of rotatable bonds is 8. The number of hydrogen-bond acceptors (Lipinski definition) is 6. The summed E-state index contributed by atoms with van der Waals surface area (Å²) in [4.78, 5) is 4.65. The molecule has 0 aliphatic heterocycles. The lowest BCUT2D eigenvalue weighted by molar-refractivity contribution is 0.668. The molecule has 0 saturated heterocycles. The van der Waals surface area contributed by atoms with Gasteiger partial charge >= 0.3 is 0 Å². The van der Waals surface area contributed by atoms with Gasteiger partial charge in [-0.3, -0.25) is 0 Å². The predicted octanol–water partition coefficient (Wildman–Crippen LogP) is 22.7. The zero-order valence-electron chi connectivity index (χ0n) is 45.5. The molecule has 0 amide bonds. The molecule has 0 atom stereocenters. The molecule has 7 heteroatoms. The van der Waals surface area contributed by atoms with Crippen LogP contribution in [0.5, 0.6) is 0 Å². The molecule has 0 bridgehead atoms. The second-order valence-corrected chi connectivity index (χ2v) is 22.2. The third kappa shape index (κ3) is 6.54. The molecule has 0 unspecified atom stereocenters. The summed E-state index contributed by atoms with van der Waals surface area (Å²) in [5, 5.41) is 13.0. The summed E-state index contributed by atoms with van der Waals surface area (Å²) in [6.45, 7) is 0. The minimum Gasteiger partial charge on any atom is -0.454 e. The van der Waals surface area contributed by atoms with Crippen LogP contribution in [0.4, 0.5) is 34.1 Å². The molecule has 0 aliphatic rings. The van der Waals surface area contributed by atoms with Crippen molar-refractivity contribution in [2.75, 3.05) is 9.80 Å². The molecule has 19 aromatic rings. The van der Waals surface area contributed by atoms with Crippen LogP contribution in [0.25, 0.3) is 148 Å². The lowest BCUT2D eigenvalue weighted by Crippen LogP contribution is -2.10. The Labute approximate surface area is 484 Å². The first kappa shape index (κ1) is 46.1. The normalized spacial score (nSPS) is 12.2. The van der Waals surface area contributed by atoms with E-state index < -0.39 is 0 Å². The average Bonchev–Trinajstić information content (AvgIpc) is 1.55. The number of anilines is 6. The van der Waals surface area contributed by atoms with E-state index in [-0.39, 0.29) is 0 Å². The van der Waals surface area contributed by atoms with Crippen molar-refractivity contribution >= 4 is 160 Å². The van der Waals surface area contributed by atoms with Crippen LogP contribution < -0.4 is 9.80 Å².